The van der Waals surface area contributed by atoms with Crippen LogP contribution in [0, 0.1) is 11.7 Å². The first-order valence-electron chi connectivity index (χ1n) is 8.81. The predicted octanol–water partition coefficient (Wildman–Crippen LogP) is 2.92. The van der Waals surface area contributed by atoms with Crippen molar-refractivity contribution in [2.45, 2.75) is 32.9 Å². The van der Waals surface area contributed by atoms with Gasteiger partial charge in [-0.15, -0.1) is 0 Å². The molecule has 0 spiro atoms. The minimum atomic E-state index is -0.212. The molecule has 5 nitrogen and oxygen atoms in total. The molecular formula is C19H25FN4O. The van der Waals surface area contributed by atoms with Crippen LogP contribution in [0.1, 0.15) is 36.3 Å². The van der Waals surface area contributed by atoms with Gasteiger partial charge in [0.15, 0.2) is 0 Å². The Morgan fingerprint density at radius 3 is 2.68 bits per heavy atom. The average Bonchev–Trinajstić information content (AvgIpc) is 3.04. The van der Waals surface area contributed by atoms with E-state index in [9.17, 15) is 9.18 Å². The minimum absolute atomic E-state index is 0.00628. The predicted molar refractivity (Wildman–Crippen MR) is 94.5 cm³/mol. The van der Waals surface area contributed by atoms with E-state index >= 15 is 0 Å². The summed E-state index contributed by atoms with van der Waals surface area (Å²) in [7, 11) is 0. The lowest BCUT2D eigenvalue weighted by Gasteiger charge is -2.34. The van der Waals surface area contributed by atoms with Gasteiger partial charge in [0.25, 0.3) is 5.91 Å². The molecule has 0 saturated carbocycles. The number of hydrogen-bond acceptors (Lipinski definition) is 3. The molecule has 1 aromatic carbocycles. The first-order chi connectivity index (χ1) is 12.0. The van der Waals surface area contributed by atoms with Gasteiger partial charge in [-0.3, -0.25) is 14.8 Å². The van der Waals surface area contributed by atoms with Crippen LogP contribution in [0.3, 0.4) is 0 Å². The molecule has 0 bridgehead atoms. The van der Waals surface area contributed by atoms with Crippen LogP contribution in [0.25, 0.3) is 0 Å². The van der Waals surface area contributed by atoms with Crippen LogP contribution >= 0.6 is 0 Å². The van der Waals surface area contributed by atoms with Gasteiger partial charge >= 0.3 is 0 Å². The fraction of sp³-hybridized carbons (Fsp3) is 0.474. The molecule has 1 fully saturated rings. The minimum Gasteiger partial charge on any atom is -0.336 e. The van der Waals surface area contributed by atoms with Crippen molar-refractivity contribution in [1.82, 2.24) is 20.0 Å². The number of aromatic nitrogens is 2. The van der Waals surface area contributed by atoms with Gasteiger partial charge < -0.3 is 4.90 Å². The first kappa shape index (κ1) is 17.6. The Bertz CT molecular complexity index is 684. The van der Waals surface area contributed by atoms with E-state index in [2.05, 4.69) is 28.9 Å². The second-order valence-corrected chi connectivity index (χ2v) is 6.98. The normalized spacial score (nSPS) is 19.2. The summed E-state index contributed by atoms with van der Waals surface area (Å²) >= 11 is 0. The van der Waals surface area contributed by atoms with Crippen molar-refractivity contribution in [2.24, 2.45) is 5.92 Å². The Hall–Kier alpha value is -2.21. The molecule has 0 unspecified atom stereocenters. The topological polar surface area (TPSA) is 52.2 Å². The lowest BCUT2D eigenvalue weighted by Crippen LogP contribution is -2.45. The number of aromatic amines is 1. The summed E-state index contributed by atoms with van der Waals surface area (Å²) in [6.45, 7) is 7.50. The van der Waals surface area contributed by atoms with Crippen molar-refractivity contribution in [3.05, 3.63) is 53.6 Å². The molecule has 1 atom stereocenters. The highest BCUT2D eigenvalue weighted by molar-refractivity contribution is 5.92. The van der Waals surface area contributed by atoms with Gasteiger partial charge in [-0.2, -0.15) is 5.10 Å². The second-order valence-electron chi connectivity index (χ2n) is 6.98. The molecule has 0 radical (unpaired) electrons. The number of nitrogens with zero attached hydrogens (tertiary/aromatic N) is 3. The highest BCUT2D eigenvalue weighted by Crippen LogP contribution is 2.21. The number of rotatable bonds is 4. The third-order valence-corrected chi connectivity index (χ3v) is 4.84. The zero-order chi connectivity index (χ0) is 17.8. The zero-order valence-corrected chi connectivity index (χ0v) is 14.8. The molecule has 1 aromatic heterocycles. The summed E-state index contributed by atoms with van der Waals surface area (Å²) < 4.78 is 13.1. The third-order valence-electron chi connectivity index (χ3n) is 4.84. The molecule has 1 N–H and O–H groups in total. The highest BCUT2D eigenvalue weighted by Gasteiger charge is 2.30. The lowest BCUT2D eigenvalue weighted by atomic mass is 10.0. The van der Waals surface area contributed by atoms with Crippen LogP contribution in [-0.4, -0.2) is 51.6 Å². The number of nitrogens with one attached hydrogen (secondary N) is 1. The van der Waals surface area contributed by atoms with Gasteiger partial charge in [-0.25, -0.2) is 4.39 Å². The van der Waals surface area contributed by atoms with E-state index in [1.165, 1.54) is 12.1 Å². The van der Waals surface area contributed by atoms with Crippen LogP contribution in [0.15, 0.2) is 36.5 Å². The van der Waals surface area contributed by atoms with E-state index in [0.717, 1.165) is 31.6 Å². The molecule has 25 heavy (non-hydrogen) atoms. The van der Waals surface area contributed by atoms with Crippen LogP contribution < -0.4 is 0 Å². The molecular weight excluding hydrogens is 319 g/mol. The van der Waals surface area contributed by atoms with Crippen molar-refractivity contribution >= 4 is 5.91 Å². The Kier molecular flexibility index (Phi) is 5.48. The largest absolute Gasteiger partial charge is 0.336 e. The van der Waals surface area contributed by atoms with Gasteiger partial charge in [0.1, 0.15) is 11.5 Å². The van der Waals surface area contributed by atoms with Crippen LogP contribution in [-0.2, 0) is 6.54 Å². The van der Waals surface area contributed by atoms with E-state index in [0.29, 0.717) is 18.2 Å². The summed E-state index contributed by atoms with van der Waals surface area (Å²) in [5.74, 6) is 0.207. The fourth-order valence-electron chi connectivity index (χ4n) is 3.45. The quantitative estimate of drug-likeness (QED) is 0.928. The lowest BCUT2D eigenvalue weighted by molar-refractivity contribution is 0.0696. The second kappa shape index (κ2) is 7.78. The third kappa shape index (κ3) is 4.25. The number of carbonyl (C=O) groups excluding carboxylic acids is 1. The van der Waals surface area contributed by atoms with Crippen molar-refractivity contribution in [3.63, 3.8) is 0 Å². The molecule has 2 heterocycles. The average molecular weight is 344 g/mol. The number of carbonyl (C=O) groups is 1. The monoisotopic (exact) mass is 344 g/mol. The van der Waals surface area contributed by atoms with Crippen molar-refractivity contribution in [3.8, 4) is 0 Å². The SMILES string of the molecule is CC(C)[C@@H]1CN(C(=O)c2ccn[nH]2)CCCN1Cc1ccc(F)cc1. The summed E-state index contributed by atoms with van der Waals surface area (Å²) in [4.78, 5) is 17.0. The van der Waals surface area contributed by atoms with Gasteiger partial charge in [0, 0.05) is 38.4 Å². The Morgan fingerprint density at radius 2 is 2.04 bits per heavy atom. The van der Waals surface area contributed by atoms with Gasteiger partial charge in [-0.05, 0) is 36.1 Å². The summed E-state index contributed by atoms with van der Waals surface area (Å²) in [5.41, 5.74) is 1.63. The van der Waals surface area contributed by atoms with Crippen LogP contribution in [0.4, 0.5) is 4.39 Å². The van der Waals surface area contributed by atoms with E-state index in [1.54, 1.807) is 12.3 Å². The number of benzene rings is 1. The Labute approximate surface area is 147 Å². The van der Waals surface area contributed by atoms with Crippen molar-refractivity contribution < 1.29 is 9.18 Å². The Balaban J connectivity index is 1.74. The number of amides is 1. The molecule has 6 heteroatoms. The van der Waals surface area contributed by atoms with E-state index in [1.807, 2.05) is 17.0 Å². The smallest absolute Gasteiger partial charge is 0.271 e. The molecule has 0 aliphatic carbocycles. The standard InChI is InChI=1S/C19H25FN4O/c1-14(2)18-13-24(19(25)17-8-9-21-22-17)11-3-10-23(18)12-15-4-6-16(20)7-5-15/h4-9,14,18H,3,10-13H2,1-2H3,(H,21,22)/t18-/m0/s1. The summed E-state index contributed by atoms with van der Waals surface area (Å²) in [6.07, 6.45) is 2.52. The maximum Gasteiger partial charge on any atom is 0.271 e. The summed E-state index contributed by atoms with van der Waals surface area (Å²) in [5, 5.41) is 6.64. The fourth-order valence-corrected chi connectivity index (χ4v) is 3.45. The van der Waals surface area contributed by atoms with Gasteiger partial charge in [0.2, 0.25) is 0 Å². The molecule has 1 amide bonds. The van der Waals surface area contributed by atoms with E-state index < -0.39 is 0 Å². The maximum atomic E-state index is 13.1. The molecule has 1 aliphatic heterocycles. The molecule has 1 saturated heterocycles. The highest BCUT2D eigenvalue weighted by atomic mass is 19.1. The van der Waals surface area contributed by atoms with Gasteiger partial charge in [0.05, 0.1) is 0 Å². The zero-order valence-electron chi connectivity index (χ0n) is 14.8. The van der Waals surface area contributed by atoms with Gasteiger partial charge in [-0.1, -0.05) is 26.0 Å². The number of halogens is 1. The van der Waals surface area contributed by atoms with Crippen LogP contribution in [0.2, 0.25) is 0 Å². The molecule has 3 rings (SSSR count). The molecule has 1 aliphatic rings. The van der Waals surface area contributed by atoms with E-state index in [4.69, 9.17) is 0 Å². The van der Waals surface area contributed by atoms with Crippen LogP contribution in [0.5, 0.6) is 0 Å². The first-order valence-corrected chi connectivity index (χ1v) is 8.81. The number of hydrogen-bond donors (Lipinski definition) is 1. The maximum absolute atomic E-state index is 13.1. The number of H-pyrrole nitrogens is 1. The molecule has 134 valence electrons. The van der Waals surface area contributed by atoms with Crippen molar-refractivity contribution in [1.29, 1.82) is 0 Å². The Morgan fingerprint density at radius 1 is 1.28 bits per heavy atom. The van der Waals surface area contributed by atoms with E-state index in [-0.39, 0.29) is 17.8 Å². The van der Waals surface area contributed by atoms with Crippen molar-refractivity contribution in [2.75, 3.05) is 19.6 Å². The summed E-state index contributed by atoms with van der Waals surface area (Å²) in [6, 6.07) is 8.67. The molecule has 2 aromatic rings.